The molecular formula is C16H20O4S. The van der Waals surface area contributed by atoms with Crippen molar-refractivity contribution >= 4 is 10.8 Å². The molecule has 0 radical (unpaired) electrons. The van der Waals surface area contributed by atoms with Crippen molar-refractivity contribution in [2.45, 2.75) is 47.2 Å². The largest absolute Gasteiger partial charge is 0.388 e. The number of hydrogen-bond donors (Lipinski definition) is 1. The smallest absolute Gasteiger partial charge is 0.168 e. The van der Waals surface area contributed by atoms with E-state index in [1.54, 1.807) is 0 Å². The lowest BCUT2D eigenvalue weighted by molar-refractivity contribution is -0.243. The van der Waals surface area contributed by atoms with Crippen molar-refractivity contribution in [1.29, 1.82) is 0 Å². The maximum absolute atomic E-state index is 12.7. The van der Waals surface area contributed by atoms with Crippen LogP contribution >= 0.6 is 0 Å². The highest BCUT2D eigenvalue weighted by Gasteiger charge is 2.62. The fourth-order valence-electron chi connectivity index (χ4n) is 4.01. The summed E-state index contributed by atoms with van der Waals surface area (Å²) in [6.07, 6.45) is 2.82. The summed E-state index contributed by atoms with van der Waals surface area (Å²) >= 11 is 0. The summed E-state index contributed by atoms with van der Waals surface area (Å²) in [5, 5.41) is 10.8. The fourth-order valence-corrected chi connectivity index (χ4v) is 5.86. The number of rotatable bonds is 2. The van der Waals surface area contributed by atoms with E-state index in [0.29, 0.717) is 26.1 Å². The number of fused-ring (bicyclic) bond motifs is 1. The third-order valence-corrected chi connectivity index (χ3v) is 7.13. The molecule has 2 saturated carbocycles. The molecular weight excluding hydrogens is 288 g/mol. The number of hydrogen-bond acceptors (Lipinski definition) is 4. The van der Waals surface area contributed by atoms with Crippen LogP contribution in [-0.4, -0.2) is 39.2 Å². The summed E-state index contributed by atoms with van der Waals surface area (Å²) < 4.78 is 24.2. The third kappa shape index (κ3) is 2.10. The molecule has 4 nitrogen and oxygen atoms in total. The maximum Gasteiger partial charge on any atom is 0.168 e. The standard InChI is InChI=1S/C16H20O4S/c17-16-7-6-15(19-8-9-20-15)11-12(16)10-14(16)21(18)13-4-2-1-3-5-13/h1-5,12,14,17H,6-11H2. The van der Waals surface area contributed by atoms with Crippen molar-refractivity contribution in [2.75, 3.05) is 13.2 Å². The molecule has 1 aromatic rings. The van der Waals surface area contributed by atoms with Gasteiger partial charge in [0.1, 0.15) is 0 Å². The number of ether oxygens (including phenoxy) is 2. The molecule has 0 amide bonds. The molecule has 114 valence electrons. The van der Waals surface area contributed by atoms with Gasteiger partial charge in [-0.1, -0.05) is 18.2 Å². The normalized spacial score (nSPS) is 38.7. The van der Waals surface area contributed by atoms with Crippen LogP contribution in [-0.2, 0) is 20.3 Å². The average molecular weight is 308 g/mol. The van der Waals surface area contributed by atoms with Crippen LogP contribution in [0.4, 0.5) is 0 Å². The SMILES string of the molecule is O=S(c1ccccc1)C1CC2CC3(CCC21O)OCCO3. The minimum Gasteiger partial charge on any atom is -0.388 e. The second-order valence-electron chi connectivity index (χ2n) is 6.33. The minimum atomic E-state index is -1.14. The molecule has 1 saturated heterocycles. The van der Waals surface area contributed by atoms with Crippen molar-refractivity contribution < 1.29 is 18.8 Å². The van der Waals surface area contributed by atoms with Gasteiger partial charge in [0.25, 0.3) is 0 Å². The molecule has 3 aliphatic rings. The monoisotopic (exact) mass is 308 g/mol. The average Bonchev–Trinajstić information content (AvgIpc) is 2.97. The Morgan fingerprint density at radius 1 is 1.14 bits per heavy atom. The van der Waals surface area contributed by atoms with Crippen molar-refractivity contribution in [1.82, 2.24) is 0 Å². The Morgan fingerprint density at radius 2 is 1.86 bits per heavy atom. The lowest BCUT2D eigenvalue weighted by Gasteiger charge is -2.57. The first-order chi connectivity index (χ1) is 10.1. The van der Waals surface area contributed by atoms with E-state index >= 15 is 0 Å². The molecule has 1 spiro atoms. The van der Waals surface area contributed by atoms with Gasteiger partial charge in [0, 0.05) is 17.7 Å². The predicted molar refractivity (Wildman–Crippen MR) is 78.2 cm³/mol. The van der Waals surface area contributed by atoms with Gasteiger partial charge in [0.05, 0.1) is 34.9 Å². The van der Waals surface area contributed by atoms with Crippen LogP contribution in [0.5, 0.6) is 0 Å². The van der Waals surface area contributed by atoms with Gasteiger partial charge in [-0.15, -0.1) is 0 Å². The summed E-state index contributed by atoms with van der Waals surface area (Å²) in [4.78, 5) is 0.808. The molecule has 4 rings (SSSR count). The second kappa shape index (κ2) is 4.88. The highest BCUT2D eigenvalue weighted by molar-refractivity contribution is 7.85. The molecule has 4 atom stereocenters. The highest BCUT2D eigenvalue weighted by atomic mass is 32.2. The molecule has 1 heterocycles. The van der Waals surface area contributed by atoms with Crippen molar-refractivity contribution in [3.8, 4) is 0 Å². The van der Waals surface area contributed by atoms with Crippen LogP contribution in [0.2, 0.25) is 0 Å². The van der Waals surface area contributed by atoms with Gasteiger partial charge in [-0.2, -0.15) is 0 Å². The Bertz CT molecular complexity index is 555. The van der Waals surface area contributed by atoms with E-state index in [1.165, 1.54) is 0 Å². The van der Waals surface area contributed by atoms with E-state index in [1.807, 2.05) is 30.3 Å². The van der Waals surface area contributed by atoms with Gasteiger partial charge in [0.15, 0.2) is 5.79 Å². The van der Waals surface area contributed by atoms with Crippen LogP contribution in [0, 0.1) is 5.92 Å². The fraction of sp³-hybridized carbons (Fsp3) is 0.625. The molecule has 5 heteroatoms. The predicted octanol–water partition coefficient (Wildman–Crippen LogP) is 1.84. The maximum atomic E-state index is 12.7. The van der Waals surface area contributed by atoms with Crippen LogP contribution in [0.3, 0.4) is 0 Å². The van der Waals surface area contributed by atoms with E-state index < -0.39 is 22.2 Å². The first-order valence-electron chi connectivity index (χ1n) is 7.59. The first-order valence-corrected chi connectivity index (χ1v) is 8.80. The first kappa shape index (κ1) is 13.9. The summed E-state index contributed by atoms with van der Waals surface area (Å²) in [5.41, 5.74) is -0.818. The van der Waals surface area contributed by atoms with E-state index in [2.05, 4.69) is 0 Å². The Hall–Kier alpha value is -0.750. The highest BCUT2D eigenvalue weighted by Crippen LogP contribution is 2.55. The van der Waals surface area contributed by atoms with Gasteiger partial charge in [-0.25, -0.2) is 0 Å². The third-order valence-electron chi connectivity index (χ3n) is 5.27. The number of benzene rings is 1. The minimum absolute atomic E-state index is 0.141. The van der Waals surface area contributed by atoms with Gasteiger partial charge < -0.3 is 14.6 Å². The molecule has 1 N–H and O–H groups in total. The van der Waals surface area contributed by atoms with Gasteiger partial charge in [-0.3, -0.25) is 4.21 Å². The summed E-state index contributed by atoms with van der Waals surface area (Å²) in [6.45, 7) is 1.29. The summed E-state index contributed by atoms with van der Waals surface area (Å²) in [5.74, 6) is -0.335. The van der Waals surface area contributed by atoms with Crippen molar-refractivity contribution in [3.63, 3.8) is 0 Å². The zero-order valence-electron chi connectivity index (χ0n) is 11.9. The molecule has 0 aromatic heterocycles. The van der Waals surface area contributed by atoms with E-state index in [0.717, 1.165) is 17.7 Å². The molecule has 21 heavy (non-hydrogen) atoms. The Morgan fingerprint density at radius 3 is 2.52 bits per heavy atom. The quantitative estimate of drug-likeness (QED) is 0.906. The van der Waals surface area contributed by atoms with Crippen molar-refractivity contribution in [3.05, 3.63) is 30.3 Å². The topological polar surface area (TPSA) is 55.8 Å². The van der Waals surface area contributed by atoms with Gasteiger partial charge >= 0.3 is 0 Å². The lowest BCUT2D eigenvalue weighted by Crippen LogP contribution is -2.66. The number of aliphatic hydroxyl groups is 1. The molecule has 0 bridgehead atoms. The molecule has 3 fully saturated rings. The van der Waals surface area contributed by atoms with E-state index in [9.17, 15) is 9.32 Å². The summed E-state index contributed by atoms with van der Waals surface area (Å²) in [7, 11) is -1.14. The zero-order chi connectivity index (χ0) is 14.5. The molecule has 2 aliphatic carbocycles. The Labute approximate surface area is 126 Å². The van der Waals surface area contributed by atoms with Gasteiger partial charge in [0.2, 0.25) is 0 Å². The molecule has 1 aromatic carbocycles. The summed E-state index contributed by atoms with van der Waals surface area (Å²) in [6, 6.07) is 9.45. The van der Waals surface area contributed by atoms with Gasteiger partial charge in [-0.05, 0) is 30.9 Å². The lowest BCUT2D eigenvalue weighted by atomic mass is 9.60. The van der Waals surface area contributed by atoms with Crippen LogP contribution < -0.4 is 0 Å². The van der Waals surface area contributed by atoms with E-state index in [-0.39, 0.29) is 11.2 Å². The van der Waals surface area contributed by atoms with Crippen LogP contribution in [0.15, 0.2) is 35.2 Å². The van der Waals surface area contributed by atoms with Crippen molar-refractivity contribution in [2.24, 2.45) is 5.92 Å². The second-order valence-corrected chi connectivity index (χ2v) is 7.97. The Balaban J connectivity index is 1.51. The molecule has 1 aliphatic heterocycles. The Kier molecular flexibility index (Phi) is 3.23. The van der Waals surface area contributed by atoms with E-state index in [4.69, 9.17) is 9.47 Å². The zero-order valence-corrected chi connectivity index (χ0v) is 12.7. The van der Waals surface area contributed by atoms with Crippen LogP contribution in [0.25, 0.3) is 0 Å². The molecule has 4 unspecified atom stereocenters. The van der Waals surface area contributed by atoms with Crippen LogP contribution in [0.1, 0.15) is 25.7 Å².